The summed E-state index contributed by atoms with van der Waals surface area (Å²) in [5.41, 5.74) is -0.326. The van der Waals surface area contributed by atoms with Crippen LogP contribution in [-0.4, -0.2) is 64.8 Å². The van der Waals surface area contributed by atoms with E-state index in [0.717, 1.165) is 6.42 Å². The molecule has 0 aliphatic carbocycles. The molecular weight excluding hydrogens is 260 g/mol. The third-order valence-corrected chi connectivity index (χ3v) is 3.86. The van der Waals surface area contributed by atoms with Crippen LogP contribution in [0, 0.1) is 5.92 Å². The maximum atomic E-state index is 12.5. The van der Waals surface area contributed by atoms with Crippen molar-refractivity contribution >= 4 is 12.0 Å². The van der Waals surface area contributed by atoms with Crippen LogP contribution in [0.25, 0.3) is 0 Å². The van der Waals surface area contributed by atoms with E-state index in [2.05, 4.69) is 0 Å². The molecule has 0 bridgehead atoms. The quantitative estimate of drug-likeness (QED) is 0.832. The lowest BCUT2D eigenvalue weighted by Crippen LogP contribution is -2.56. The molecule has 2 unspecified atom stereocenters. The lowest BCUT2D eigenvalue weighted by Gasteiger charge is -2.42. The number of carbonyl (C=O) groups is 2. The first-order valence-corrected chi connectivity index (χ1v) is 7.20. The van der Waals surface area contributed by atoms with Gasteiger partial charge in [0.05, 0.1) is 18.2 Å². The summed E-state index contributed by atoms with van der Waals surface area (Å²) in [6, 6.07) is 0.0149. The minimum atomic E-state index is -0.787. The highest BCUT2D eigenvalue weighted by Crippen LogP contribution is 2.25. The van der Waals surface area contributed by atoms with Gasteiger partial charge < -0.3 is 19.6 Å². The van der Waals surface area contributed by atoms with E-state index in [9.17, 15) is 9.59 Å². The molecule has 0 aromatic heterocycles. The molecule has 114 valence electrons. The Morgan fingerprint density at radius 2 is 2.00 bits per heavy atom. The van der Waals surface area contributed by atoms with E-state index in [1.807, 2.05) is 25.7 Å². The van der Waals surface area contributed by atoms with Crippen LogP contribution < -0.4 is 0 Å². The van der Waals surface area contributed by atoms with Gasteiger partial charge in [0.15, 0.2) is 0 Å². The number of hydrogen-bond donors (Lipinski definition) is 1. The SMILES string of the molecule is CC1CN(C(=O)N2CCC(CC(=O)O)C2)CC(C)(C)O1. The Morgan fingerprint density at radius 1 is 1.30 bits per heavy atom. The van der Waals surface area contributed by atoms with Gasteiger partial charge in [-0.25, -0.2) is 4.79 Å². The summed E-state index contributed by atoms with van der Waals surface area (Å²) < 4.78 is 5.80. The number of hydrogen-bond acceptors (Lipinski definition) is 3. The van der Waals surface area contributed by atoms with Crippen molar-refractivity contribution in [2.45, 2.75) is 45.3 Å². The molecule has 2 heterocycles. The Hall–Kier alpha value is -1.30. The van der Waals surface area contributed by atoms with Gasteiger partial charge in [0.25, 0.3) is 0 Å². The zero-order valence-corrected chi connectivity index (χ0v) is 12.5. The average Bonchev–Trinajstić information content (AvgIpc) is 2.72. The lowest BCUT2D eigenvalue weighted by atomic mass is 10.1. The maximum absolute atomic E-state index is 12.5. The second-order valence-electron chi connectivity index (χ2n) is 6.55. The van der Waals surface area contributed by atoms with Gasteiger partial charge in [-0.05, 0) is 33.1 Å². The van der Waals surface area contributed by atoms with E-state index >= 15 is 0 Å². The molecule has 6 heteroatoms. The zero-order chi connectivity index (χ0) is 14.9. The Kier molecular flexibility index (Phi) is 4.22. The van der Waals surface area contributed by atoms with Crippen LogP contribution in [0.4, 0.5) is 4.79 Å². The first kappa shape index (κ1) is 15.1. The van der Waals surface area contributed by atoms with Crippen LogP contribution >= 0.6 is 0 Å². The molecule has 2 aliphatic heterocycles. The molecule has 1 N–H and O–H groups in total. The summed E-state index contributed by atoms with van der Waals surface area (Å²) in [7, 11) is 0. The highest BCUT2D eigenvalue weighted by molar-refractivity contribution is 5.75. The second kappa shape index (κ2) is 5.60. The molecular formula is C14H24N2O4. The van der Waals surface area contributed by atoms with Crippen LogP contribution in [-0.2, 0) is 9.53 Å². The first-order chi connectivity index (χ1) is 9.27. The molecule has 0 radical (unpaired) electrons. The van der Waals surface area contributed by atoms with Crippen molar-refractivity contribution in [3.63, 3.8) is 0 Å². The molecule has 2 saturated heterocycles. The molecule has 6 nitrogen and oxygen atoms in total. The van der Waals surface area contributed by atoms with Crippen molar-refractivity contribution in [1.29, 1.82) is 0 Å². The Bertz CT molecular complexity index is 397. The van der Waals surface area contributed by atoms with Crippen LogP contribution in [0.5, 0.6) is 0 Å². The number of carboxylic acid groups (broad SMARTS) is 1. The molecule has 0 aromatic carbocycles. The number of ether oxygens (including phenoxy) is 1. The first-order valence-electron chi connectivity index (χ1n) is 7.20. The largest absolute Gasteiger partial charge is 0.481 e. The predicted molar refractivity (Wildman–Crippen MR) is 73.5 cm³/mol. The average molecular weight is 284 g/mol. The van der Waals surface area contributed by atoms with E-state index in [-0.39, 0.29) is 30.1 Å². The number of rotatable bonds is 2. The number of nitrogens with zero attached hydrogens (tertiary/aromatic N) is 2. The van der Waals surface area contributed by atoms with E-state index in [1.165, 1.54) is 0 Å². The molecule has 2 amide bonds. The van der Waals surface area contributed by atoms with Crippen LogP contribution in [0.2, 0.25) is 0 Å². The summed E-state index contributed by atoms with van der Waals surface area (Å²) in [6.07, 6.45) is 0.955. The summed E-state index contributed by atoms with van der Waals surface area (Å²) in [5.74, 6) is -0.701. The monoisotopic (exact) mass is 284 g/mol. The van der Waals surface area contributed by atoms with Crippen LogP contribution in [0.3, 0.4) is 0 Å². The van der Waals surface area contributed by atoms with Crippen molar-refractivity contribution in [2.75, 3.05) is 26.2 Å². The number of aliphatic carboxylic acids is 1. The smallest absolute Gasteiger partial charge is 0.320 e. The standard InChI is InChI=1S/C14H24N2O4/c1-10-7-16(9-14(2,3)20-10)13(19)15-5-4-11(8-15)6-12(17)18/h10-11H,4-9H2,1-3H3,(H,17,18). The molecule has 0 saturated carbocycles. The number of likely N-dealkylation sites (tertiary alicyclic amines) is 1. The number of morpholine rings is 1. The fourth-order valence-corrected chi connectivity index (χ4v) is 3.22. The topological polar surface area (TPSA) is 70.1 Å². The Labute approximate surface area is 119 Å². The Balaban J connectivity index is 1.93. The van der Waals surface area contributed by atoms with E-state index < -0.39 is 5.97 Å². The summed E-state index contributed by atoms with van der Waals surface area (Å²) in [4.78, 5) is 26.9. The van der Waals surface area contributed by atoms with E-state index in [1.54, 1.807) is 4.90 Å². The highest BCUT2D eigenvalue weighted by atomic mass is 16.5. The van der Waals surface area contributed by atoms with E-state index in [0.29, 0.717) is 26.2 Å². The summed E-state index contributed by atoms with van der Waals surface area (Å²) in [5, 5.41) is 8.82. The Morgan fingerprint density at radius 3 is 2.60 bits per heavy atom. The predicted octanol–water partition coefficient (Wildman–Crippen LogP) is 1.40. The van der Waals surface area contributed by atoms with Crippen LogP contribution in [0.15, 0.2) is 0 Å². The maximum Gasteiger partial charge on any atom is 0.320 e. The van der Waals surface area contributed by atoms with Gasteiger partial charge in [0.1, 0.15) is 0 Å². The van der Waals surface area contributed by atoms with Gasteiger partial charge >= 0.3 is 12.0 Å². The minimum Gasteiger partial charge on any atom is -0.481 e. The molecule has 0 spiro atoms. The highest BCUT2D eigenvalue weighted by Gasteiger charge is 2.37. The molecule has 2 aliphatic rings. The molecule has 20 heavy (non-hydrogen) atoms. The van der Waals surface area contributed by atoms with Crippen molar-refractivity contribution in [3.05, 3.63) is 0 Å². The number of amides is 2. The zero-order valence-electron chi connectivity index (χ0n) is 12.5. The molecule has 2 fully saturated rings. The third-order valence-electron chi connectivity index (χ3n) is 3.86. The van der Waals surface area contributed by atoms with Gasteiger partial charge in [-0.1, -0.05) is 0 Å². The van der Waals surface area contributed by atoms with Crippen molar-refractivity contribution in [2.24, 2.45) is 5.92 Å². The van der Waals surface area contributed by atoms with Gasteiger partial charge in [-0.15, -0.1) is 0 Å². The van der Waals surface area contributed by atoms with Gasteiger partial charge in [-0.2, -0.15) is 0 Å². The van der Waals surface area contributed by atoms with Gasteiger partial charge in [0.2, 0.25) is 0 Å². The van der Waals surface area contributed by atoms with Gasteiger partial charge in [-0.3, -0.25) is 4.79 Å². The van der Waals surface area contributed by atoms with Crippen molar-refractivity contribution in [3.8, 4) is 0 Å². The molecule has 2 atom stereocenters. The minimum absolute atomic E-state index is 0.0149. The molecule has 0 aromatic rings. The number of urea groups is 1. The molecule has 2 rings (SSSR count). The van der Waals surface area contributed by atoms with Crippen molar-refractivity contribution in [1.82, 2.24) is 9.80 Å². The van der Waals surface area contributed by atoms with Crippen molar-refractivity contribution < 1.29 is 19.4 Å². The number of carboxylic acids is 1. The van der Waals surface area contributed by atoms with Gasteiger partial charge in [0, 0.05) is 26.1 Å². The fourth-order valence-electron chi connectivity index (χ4n) is 3.22. The normalized spacial score (nSPS) is 29.6. The second-order valence-corrected chi connectivity index (χ2v) is 6.55. The van der Waals surface area contributed by atoms with E-state index in [4.69, 9.17) is 9.84 Å². The number of carbonyl (C=O) groups excluding carboxylic acids is 1. The van der Waals surface area contributed by atoms with Crippen LogP contribution in [0.1, 0.15) is 33.6 Å². The lowest BCUT2D eigenvalue weighted by molar-refractivity contribution is -0.138. The third kappa shape index (κ3) is 3.62. The summed E-state index contributed by atoms with van der Waals surface area (Å²) >= 11 is 0. The summed E-state index contributed by atoms with van der Waals surface area (Å²) in [6.45, 7) is 8.33. The fraction of sp³-hybridized carbons (Fsp3) is 0.857.